The number of ether oxygens (including phenoxy) is 1. The molecule has 1 aromatic carbocycles. The third kappa shape index (κ3) is 5.93. The molecule has 4 rings (SSSR count). The van der Waals surface area contributed by atoms with Crippen molar-refractivity contribution in [1.82, 2.24) is 19.5 Å². The molecule has 1 fully saturated rings. The molecule has 11 nitrogen and oxygen atoms in total. The number of amides is 1. The minimum atomic E-state index is -0.613. The van der Waals surface area contributed by atoms with E-state index in [-0.39, 0.29) is 36.5 Å². The van der Waals surface area contributed by atoms with Gasteiger partial charge in [-0.1, -0.05) is 30.3 Å². The van der Waals surface area contributed by atoms with E-state index in [0.29, 0.717) is 25.3 Å². The van der Waals surface area contributed by atoms with Crippen LogP contribution >= 0.6 is 0 Å². The molecule has 3 N–H and O–H groups in total. The Morgan fingerprint density at radius 1 is 1.23 bits per heavy atom. The Morgan fingerprint density at radius 2 is 2.06 bits per heavy atom. The van der Waals surface area contributed by atoms with Gasteiger partial charge in [0.2, 0.25) is 5.91 Å². The first-order valence-electron chi connectivity index (χ1n) is 11.5. The number of H-pyrrole nitrogens is 1. The fourth-order valence-corrected chi connectivity index (χ4v) is 4.12. The lowest BCUT2D eigenvalue weighted by molar-refractivity contribution is -0.120. The highest BCUT2D eigenvalue weighted by Gasteiger charge is 2.28. The predicted molar refractivity (Wildman–Crippen MR) is 133 cm³/mol. The lowest BCUT2D eigenvalue weighted by Crippen LogP contribution is -2.42. The van der Waals surface area contributed by atoms with E-state index in [2.05, 4.69) is 25.6 Å². The Balaban J connectivity index is 1.60. The number of piperidine rings is 1. The fourth-order valence-electron chi connectivity index (χ4n) is 4.12. The van der Waals surface area contributed by atoms with Gasteiger partial charge in [-0.05, 0) is 18.4 Å². The highest BCUT2D eigenvalue weighted by Crippen LogP contribution is 2.24. The van der Waals surface area contributed by atoms with E-state index in [1.54, 1.807) is 18.6 Å². The molecule has 1 atom stereocenters. The summed E-state index contributed by atoms with van der Waals surface area (Å²) in [4.78, 5) is 51.6. The van der Waals surface area contributed by atoms with Gasteiger partial charge in [-0.25, -0.2) is 9.78 Å². The second-order valence-corrected chi connectivity index (χ2v) is 8.30. The molecule has 0 spiro atoms. The van der Waals surface area contributed by atoms with Crippen LogP contribution in [0.3, 0.4) is 0 Å². The van der Waals surface area contributed by atoms with E-state index < -0.39 is 11.2 Å². The van der Waals surface area contributed by atoms with Crippen LogP contribution in [0.1, 0.15) is 18.4 Å². The van der Waals surface area contributed by atoms with Crippen LogP contribution in [0.15, 0.2) is 58.5 Å². The third-order valence-corrected chi connectivity index (χ3v) is 5.94. The van der Waals surface area contributed by atoms with E-state index in [9.17, 15) is 14.4 Å². The quantitative estimate of drug-likeness (QED) is 0.420. The molecule has 1 unspecified atom stereocenters. The van der Waals surface area contributed by atoms with Crippen LogP contribution in [0.2, 0.25) is 0 Å². The van der Waals surface area contributed by atoms with Gasteiger partial charge < -0.3 is 20.3 Å². The van der Waals surface area contributed by atoms with Crippen molar-refractivity contribution in [2.24, 2.45) is 5.92 Å². The molecule has 2 aromatic heterocycles. The van der Waals surface area contributed by atoms with E-state index in [1.165, 1.54) is 11.7 Å². The summed E-state index contributed by atoms with van der Waals surface area (Å²) in [6.45, 7) is 1.98. The van der Waals surface area contributed by atoms with Crippen molar-refractivity contribution in [3.8, 4) is 0 Å². The van der Waals surface area contributed by atoms with Crippen molar-refractivity contribution in [3.05, 3.63) is 75.3 Å². The van der Waals surface area contributed by atoms with E-state index >= 15 is 0 Å². The van der Waals surface area contributed by atoms with Crippen molar-refractivity contribution < 1.29 is 9.53 Å². The standard InChI is InChI=1S/C24H29N7O4/c1-35-13-12-31-21(20(23(33)29-24(31)34)27-14-17-6-3-2-4-7-17)28-22(32)18-8-5-11-30(16-18)19-15-25-9-10-26-19/h2-4,6-7,9-10,15,18,27H,5,8,11-14,16H2,1H3,(H,28,32)(H,29,33,34). The first-order valence-corrected chi connectivity index (χ1v) is 11.5. The largest absolute Gasteiger partial charge is 0.383 e. The molecule has 0 aliphatic carbocycles. The summed E-state index contributed by atoms with van der Waals surface area (Å²) in [5, 5.41) is 5.97. The normalized spacial score (nSPS) is 15.6. The summed E-state index contributed by atoms with van der Waals surface area (Å²) in [6.07, 6.45) is 6.38. The van der Waals surface area contributed by atoms with Crippen LogP contribution in [-0.2, 0) is 22.6 Å². The molecule has 1 saturated heterocycles. The number of methoxy groups -OCH3 is 1. The summed E-state index contributed by atoms with van der Waals surface area (Å²) in [7, 11) is 1.52. The number of hydrogen-bond acceptors (Lipinski definition) is 8. The minimum absolute atomic E-state index is 0.125. The van der Waals surface area contributed by atoms with E-state index in [4.69, 9.17) is 4.74 Å². The number of rotatable bonds is 9. The van der Waals surface area contributed by atoms with Gasteiger partial charge in [0.1, 0.15) is 17.3 Å². The molecule has 1 aliphatic rings. The minimum Gasteiger partial charge on any atom is -0.383 e. The number of anilines is 3. The molecule has 184 valence electrons. The summed E-state index contributed by atoms with van der Waals surface area (Å²) < 4.78 is 6.45. The fraction of sp³-hybridized carbons (Fsp3) is 0.375. The number of carbonyl (C=O) groups excluding carboxylic acids is 1. The highest BCUT2D eigenvalue weighted by molar-refractivity contribution is 5.95. The Morgan fingerprint density at radius 3 is 2.80 bits per heavy atom. The van der Waals surface area contributed by atoms with Crippen molar-refractivity contribution in [2.45, 2.75) is 25.9 Å². The smallest absolute Gasteiger partial charge is 0.330 e. The first-order chi connectivity index (χ1) is 17.1. The molecule has 3 heterocycles. The second-order valence-electron chi connectivity index (χ2n) is 8.30. The summed E-state index contributed by atoms with van der Waals surface area (Å²) in [5.74, 6) is 0.229. The molecule has 1 amide bonds. The number of carbonyl (C=O) groups is 1. The molecular weight excluding hydrogens is 450 g/mol. The maximum absolute atomic E-state index is 13.4. The first kappa shape index (κ1) is 24.1. The summed E-state index contributed by atoms with van der Waals surface area (Å²) in [5.41, 5.74) is -0.137. The van der Waals surface area contributed by atoms with Gasteiger partial charge >= 0.3 is 5.69 Å². The third-order valence-electron chi connectivity index (χ3n) is 5.94. The average molecular weight is 480 g/mol. The van der Waals surface area contributed by atoms with Crippen molar-refractivity contribution in [2.75, 3.05) is 42.3 Å². The highest BCUT2D eigenvalue weighted by atomic mass is 16.5. The Bertz CT molecular complexity index is 1240. The van der Waals surface area contributed by atoms with Crippen LogP contribution < -0.4 is 26.8 Å². The van der Waals surface area contributed by atoms with Crippen LogP contribution in [0.4, 0.5) is 17.3 Å². The van der Waals surface area contributed by atoms with Gasteiger partial charge in [0.25, 0.3) is 5.56 Å². The van der Waals surface area contributed by atoms with Crippen LogP contribution in [0.25, 0.3) is 0 Å². The summed E-state index contributed by atoms with van der Waals surface area (Å²) in [6, 6.07) is 9.54. The Kier molecular flexibility index (Phi) is 7.88. The number of benzene rings is 1. The lowest BCUT2D eigenvalue weighted by atomic mass is 9.97. The van der Waals surface area contributed by atoms with Crippen molar-refractivity contribution in [3.63, 3.8) is 0 Å². The summed E-state index contributed by atoms with van der Waals surface area (Å²) >= 11 is 0. The molecule has 0 bridgehead atoms. The average Bonchev–Trinajstić information content (AvgIpc) is 2.89. The van der Waals surface area contributed by atoms with Gasteiger partial charge in [0, 0.05) is 39.1 Å². The maximum atomic E-state index is 13.4. The van der Waals surface area contributed by atoms with Gasteiger partial charge in [-0.2, -0.15) is 0 Å². The van der Waals surface area contributed by atoms with E-state index in [1.807, 2.05) is 35.2 Å². The molecule has 1 aliphatic heterocycles. The number of aromatic amines is 1. The van der Waals surface area contributed by atoms with Gasteiger partial charge in [0.15, 0.2) is 0 Å². The number of aromatic nitrogens is 4. The number of hydrogen-bond donors (Lipinski definition) is 3. The van der Waals surface area contributed by atoms with E-state index in [0.717, 1.165) is 18.5 Å². The number of nitrogens with one attached hydrogen (secondary N) is 3. The monoisotopic (exact) mass is 479 g/mol. The zero-order valence-electron chi connectivity index (χ0n) is 19.6. The zero-order chi connectivity index (χ0) is 24.6. The molecule has 3 aromatic rings. The molecule has 35 heavy (non-hydrogen) atoms. The van der Waals surface area contributed by atoms with Crippen LogP contribution in [0.5, 0.6) is 0 Å². The van der Waals surface area contributed by atoms with Gasteiger partial charge in [-0.3, -0.25) is 24.1 Å². The van der Waals surface area contributed by atoms with Crippen molar-refractivity contribution >= 4 is 23.2 Å². The SMILES string of the molecule is COCCn1c(NC(=O)C2CCCN(c3cnccn3)C2)c(NCc2ccccc2)c(=O)[nH]c1=O. The molecular formula is C24H29N7O4. The maximum Gasteiger partial charge on any atom is 0.330 e. The molecule has 0 radical (unpaired) electrons. The van der Waals surface area contributed by atoms with Gasteiger partial charge in [-0.15, -0.1) is 0 Å². The topological polar surface area (TPSA) is 134 Å². The van der Waals surface area contributed by atoms with Crippen molar-refractivity contribution in [1.29, 1.82) is 0 Å². The number of nitrogens with zero attached hydrogens (tertiary/aromatic N) is 4. The van der Waals surface area contributed by atoms with Crippen LogP contribution in [-0.4, -0.2) is 52.2 Å². The van der Waals surface area contributed by atoms with Crippen LogP contribution in [0, 0.1) is 5.92 Å². The predicted octanol–water partition coefficient (Wildman–Crippen LogP) is 1.44. The Labute approximate surface area is 202 Å². The zero-order valence-corrected chi connectivity index (χ0v) is 19.6. The molecule has 0 saturated carbocycles. The van der Waals surface area contributed by atoms with Gasteiger partial charge in [0.05, 0.1) is 25.3 Å². The second kappa shape index (κ2) is 11.4. The molecule has 11 heteroatoms. The Hall–Kier alpha value is -3.99. The lowest BCUT2D eigenvalue weighted by Gasteiger charge is -2.32.